The van der Waals surface area contributed by atoms with Crippen LogP contribution in [0.1, 0.15) is 55.6 Å². The second-order valence-corrected chi connectivity index (χ2v) is 10.7. The summed E-state index contributed by atoms with van der Waals surface area (Å²) in [4.78, 5) is 27.3. The van der Waals surface area contributed by atoms with Gasteiger partial charge in [0.15, 0.2) is 5.82 Å². The van der Waals surface area contributed by atoms with E-state index in [0.717, 1.165) is 12.1 Å². The lowest BCUT2D eigenvalue weighted by atomic mass is 9.90. The van der Waals surface area contributed by atoms with Crippen molar-refractivity contribution in [3.05, 3.63) is 75.8 Å². The Morgan fingerprint density at radius 2 is 1.76 bits per heavy atom. The Labute approximate surface area is 220 Å². The molecule has 2 amide bonds. The van der Waals surface area contributed by atoms with Crippen LogP contribution in [0.2, 0.25) is 0 Å². The fourth-order valence-corrected chi connectivity index (χ4v) is 4.55. The maximum Gasteiger partial charge on any atom is 0.410 e. The summed E-state index contributed by atoms with van der Waals surface area (Å²) >= 11 is 3.18. The Kier molecular flexibility index (Phi) is 7.63. The molecule has 0 bridgehead atoms. The van der Waals surface area contributed by atoms with Crippen LogP contribution in [0.15, 0.2) is 47.1 Å². The third-order valence-electron chi connectivity index (χ3n) is 5.90. The van der Waals surface area contributed by atoms with Gasteiger partial charge in [0, 0.05) is 29.5 Å². The van der Waals surface area contributed by atoms with Crippen molar-refractivity contribution in [2.45, 2.75) is 45.1 Å². The summed E-state index contributed by atoms with van der Waals surface area (Å²) in [7, 11) is 0. The number of nitrogens with one attached hydrogen (secondary N) is 1. The van der Waals surface area contributed by atoms with Gasteiger partial charge in [-0.2, -0.15) is 5.10 Å². The number of ether oxygens (including phenoxy) is 1. The van der Waals surface area contributed by atoms with Gasteiger partial charge in [0.05, 0.1) is 23.1 Å². The van der Waals surface area contributed by atoms with Crippen molar-refractivity contribution in [3.63, 3.8) is 0 Å². The summed E-state index contributed by atoms with van der Waals surface area (Å²) in [5.74, 6) is -3.14. The lowest BCUT2D eigenvalue weighted by molar-refractivity contribution is 0.0203. The van der Waals surface area contributed by atoms with Gasteiger partial charge in [0.2, 0.25) is 0 Å². The Balaban J connectivity index is 1.66. The molecule has 1 aliphatic heterocycles. The summed E-state index contributed by atoms with van der Waals surface area (Å²) in [6.45, 7) is 6.05. The van der Waals surface area contributed by atoms with Crippen LogP contribution < -0.4 is 5.32 Å². The minimum absolute atomic E-state index is 0.0279. The van der Waals surface area contributed by atoms with E-state index >= 15 is 0 Å². The molecule has 0 atom stereocenters. The van der Waals surface area contributed by atoms with Gasteiger partial charge in [-0.25, -0.2) is 22.6 Å². The summed E-state index contributed by atoms with van der Waals surface area (Å²) in [5, 5.41) is 6.79. The van der Waals surface area contributed by atoms with Gasteiger partial charge in [-0.15, -0.1) is 0 Å². The van der Waals surface area contributed by atoms with Crippen LogP contribution in [-0.2, 0) is 4.74 Å². The Morgan fingerprint density at radius 3 is 2.38 bits per heavy atom. The van der Waals surface area contributed by atoms with Crippen molar-refractivity contribution in [2.24, 2.45) is 0 Å². The largest absolute Gasteiger partial charge is 0.444 e. The molecule has 0 saturated carbocycles. The van der Waals surface area contributed by atoms with Crippen LogP contribution in [-0.4, -0.2) is 45.4 Å². The second-order valence-electron chi connectivity index (χ2n) is 9.77. The number of benzene rings is 2. The highest BCUT2D eigenvalue weighted by atomic mass is 79.9. The molecule has 0 aliphatic carbocycles. The van der Waals surface area contributed by atoms with E-state index in [1.54, 1.807) is 31.7 Å². The van der Waals surface area contributed by atoms with Gasteiger partial charge < -0.3 is 15.0 Å². The van der Waals surface area contributed by atoms with Crippen LogP contribution in [0.25, 0.3) is 5.69 Å². The van der Waals surface area contributed by atoms with Crippen molar-refractivity contribution in [3.8, 4) is 5.69 Å². The lowest BCUT2D eigenvalue weighted by Crippen LogP contribution is -2.41. The number of halogens is 4. The number of anilines is 1. The number of rotatable bonds is 4. The maximum atomic E-state index is 14.7. The molecule has 0 unspecified atom stereocenters. The van der Waals surface area contributed by atoms with Crippen LogP contribution in [0.3, 0.4) is 0 Å². The number of amides is 2. The lowest BCUT2D eigenvalue weighted by Gasteiger charge is -2.34. The number of hydrogen-bond donors (Lipinski definition) is 1. The highest BCUT2D eigenvalue weighted by Gasteiger charge is 2.32. The molecule has 37 heavy (non-hydrogen) atoms. The number of aromatic nitrogens is 2. The van der Waals surface area contributed by atoms with E-state index in [-0.39, 0.29) is 22.9 Å². The van der Waals surface area contributed by atoms with Gasteiger partial charge in [-0.1, -0.05) is 15.9 Å². The Morgan fingerprint density at radius 1 is 1.05 bits per heavy atom. The molecular formula is C26H26BrF3N4O3. The first-order chi connectivity index (χ1) is 17.4. The zero-order chi connectivity index (χ0) is 26.9. The number of hydrogen-bond acceptors (Lipinski definition) is 4. The molecule has 2 heterocycles. The first kappa shape index (κ1) is 26.7. The zero-order valence-corrected chi connectivity index (χ0v) is 22.1. The number of carbonyl (C=O) groups is 2. The third kappa shape index (κ3) is 6.15. The highest BCUT2D eigenvalue weighted by molar-refractivity contribution is 9.10. The molecule has 11 heteroatoms. The van der Waals surface area contributed by atoms with E-state index in [0.29, 0.717) is 36.1 Å². The number of likely N-dealkylation sites (tertiary alicyclic amines) is 1. The average molecular weight is 579 g/mol. The number of carbonyl (C=O) groups excluding carboxylic acids is 2. The van der Waals surface area contributed by atoms with Gasteiger partial charge in [0.25, 0.3) is 5.91 Å². The standard InChI is InChI=1S/C26H26BrF3N4O3/c1-26(2,3)37-25(36)33-10-8-15(9-11-33)23-18(24(35)32-21-6-4-16(27)12-19(21)29)14-31-34(23)22-7-5-17(28)13-20(22)30/h4-7,12-15H,8-11H2,1-3H3,(H,32,35). The smallest absolute Gasteiger partial charge is 0.410 e. The van der Waals surface area contributed by atoms with E-state index in [9.17, 15) is 22.8 Å². The van der Waals surface area contributed by atoms with E-state index in [2.05, 4.69) is 26.3 Å². The molecule has 1 fully saturated rings. The molecule has 0 radical (unpaired) electrons. The molecule has 0 spiro atoms. The van der Waals surface area contributed by atoms with Gasteiger partial charge in [-0.05, 0) is 63.9 Å². The number of piperidine rings is 1. The molecular weight excluding hydrogens is 553 g/mol. The highest BCUT2D eigenvalue weighted by Crippen LogP contribution is 2.34. The molecule has 1 aliphatic rings. The summed E-state index contributed by atoms with van der Waals surface area (Å²) in [5.41, 5.74) is -0.175. The van der Waals surface area contributed by atoms with Crippen molar-refractivity contribution in [1.82, 2.24) is 14.7 Å². The van der Waals surface area contributed by atoms with E-state index in [1.165, 1.54) is 29.1 Å². The quantitative estimate of drug-likeness (QED) is 0.387. The fraction of sp³-hybridized carbons (Fsp3) is 0.346. The normalized spacial score (nSPS) is 14.5. The topological polar surface area (TPSA) is 76.5 Å². The third-order valence-corrected chi connectivity index (χ3v) is 6.39. The van der Waals surface area contributed by atoms with Gasteiger partial charge in [-0.3, -0.25) is 4.79 Å². The Bertz CT molecular complexity index is 1330. The molecule has 4 rings (SSSR count). The first-order valence-corrected chi connectivity index (χ1v) is 12.5. The minimum atomic E-state index is -0.846. The fourth-order valence-electron chi connectivity index (χ4n) is 4.21. The molecule has 2 aromatic carbocycles. The monoisotopic (exact) mass is 578 g/mol. The molecule has 196 valence electrons. The van der Waals surface area contributed by atoms with E-state index in [1.807, 2.05) is 0 Å². The zero-order valence-electron chi connectivity index (χ0n) is 20.5. The average Bonchev–Trinajstić information content (AvgIpc) is 3.25. The van der Waals surface area contributed by atoms with Crippen molar-refractivity contribution >= 4 is 33.6 Å². The van der Waals surface area contributed by atoms with Crippen LogP contribution in [0.5, 0.6) is 0 Å². The van der Waals surface area contributed by atoms with E-state index < -0.39 is 35.1 Å². The SMILES string of the molecule is CC(C)(C)OC(=O)N1CCC(c2c(C(=O)Nc3ccc(Br)cc3F)cnn2-c2ccc(F)cc2F)CC1. The summed E-state index contributed by atoms with van der Waals surface area (Å²) in [6.07, 6.45) is 1.74. The number of nitrogens with zero attached hydrogens (tertiary/aromatic N) is 3. The molecule has 1 aromatic heterocycles. The predicted molar refractivity (Wildman–Crippen MR) is 135 cm³/mol. The molecule has 1 saturated heterocycles. The van der Waals surface area contributed by atoms with Gasteiger partial charge in [0.1, 0.15) is 22.9 Å². The Hall–Kier alpha value is -3.34. The van der Waals surface area contributed by atoms with Crippen molar-refractivity contribution in [2.75, 3.05) is 18.4 Å². The van der Waals surface area contributed by atoms with Crippen LogP contribution in [0, 0.1) is 17.5 Å². The molecule has 1 N–H and O–H groups in total. The van der Waals surface area contributed by atoms with Crippen molar-refractivity contribution in [1.29, 1.82) is 0 Å². The predicted octanol–water partition coefficient (Wildman–Crippen LogP) is 6.42. The molecule has 7 nitrogen and oxygen atoms in total. The molecule has 3 aromatic rings. The van der Waals surface area contributed by atoms with Crippen LogP contribution in [0.4, 0.5) is 23.7 Å². The summed E-state index contributed by atoms with van der Waals surface area (Å²) < 4.78 is 49.9. The first-order valence-electron chi connectivity index (χ1n) is 11.7. The van der Waals surface area contributed by atoms with Gasteiger partial charge >= 0.3 is 6.09 Å². The minimum Gasteiger partial charge on any atom is -0.444 e. The second kappa shape index (κ2) is 10.6. The maximum absolute atomic E-state index is 14.7. The summed E-state index contributed by atoms with van der Waals surface area (Å²) in [6, 6.07) is 7.31. The van der Waals surface area contributed by atoms with Crippen molar-refractivity contribution < 1.29 is 27.5 Å². The van der Waals surface area contributed by atoms with Crippen LogP contribution >= 0.6 is 15.9 Å². The van der Waals surface area contributed by atoms with E-state index in [4.69, 9.17) is 4.74 Å².